The zero-order chi connectivity index (χ0) is 13.1. The highest BCUT2D eigenvalue weighted by molar-refractivity contribution is 5.69. The highest BCUT2D eigenvalue weighted by Crippen LogP contribution is 2.13. The van der Waals surface area contributed by atoms with Gasteiger partial charge in [0.05, 0.1) is 6.61 Å². The number of carbonyl (C=O) groups is 1. The summed E-state index contributed by atoms with van der Waals surface area (Å²) in [5, 5.41) is 0. The zero-order valence-electron chi connectivity index (χ0n) is 11.9. The molecular formula is C16H28O2. The van der Waals surface area contributed by atoms with E-state index in [9.17, 15) is 4.79 Å². The summed E-state index contributed by atoms with van der Waals surface area (Å²) in [4.78, 5) is 11.4. The van der Waals surface area contributed by atoms with Gasteiger partial charge < -0.3 is 4.74 Å². The van der Waals surface area contributed by atoms with Crippen LogP contribution in [-0.2, 0) is 9.53 Å². The van der Waals surface area contributed by atoms with E-state index in [0.717, 1.165) is 12.8 Å². The van der Waals surface area contributed by atoms with Crippen LogP contribution in [0.4, 0.5) is 0 Å². The van der Waals surface area contributed by atoms with Crippen molar-refractivity contribution in [1.29, 1.82) is 0 Å². The lowest BCUT2D eigenvalue weighted by atomic mass is 10.1. The zero-order valence-corrected chi connectivity index (χ0v) is 11.9. The lowest BCUT2D eigenvalue weighted by Gasteiger charge is -2.07. The number of rotatable bonds is 0. The number of carbonyl (C=O) groups excluding carboxylic acids is 1. The van der Waals surface area contributed by atoms with Gasteiger partial charge in [0, 0.05) is 12.8 Å². The highest BCUT2D eigenvalue weighted by Gasteiger charge is 2.03. The third kappa shape index (κ3) is 8.32. The average molecular weight is 252 g/mol. The van der Waals surface area contributed by atoms with Gasteiger partial charge in [-0.15, -0.1) is 0 Å². The molecule has 1 aliphatic rings. The number of hydrogen-bond acceptors (Lipinski definition) is 2. The molecule has 0 aromatic rings. The minimum atomic E-state index is -0.0186. The standard InChI is InChI=1S/C16H28O2/c1-15-11-9-7-5-3-2-4-6-8-10-12-16(17)18-14-13-15/h11H,2-10,12-14H2,1H3/b15-11-. The van der Waals surface area contributed by atoms with E-state index in [1.165, 1.54) is 56.9 Å². The maximum atomic E-state index is 11.4. The maximum Gasteiger partial charge on any atom is 0.305 e. The van der Waals surface area contributed by atoms with Crippen molar-refractivity contribution >= 4 is 5.97 Å². The van der Waals surface area contributed by atoms with Gasteiger partial charge in [-0.2, -0.15) is 0 Å². The van der Waals surface area contributed by atoms with Crippen molar-refractivity contribution in [1.82, 2.24) is 0 Å². The maximum absolute atomic E-state index is 11.4. The van der Waals surface area contributed by atoms with Crippen LogP contribution in [0.25, 0.3) is 0 Å². The quantitative estimate of drug-likeness (QED) is 0.458. The van der Waals surface area contributed by atoms with Crippen molar-refractivity contribution in [2.75, 3.05) is 6.61 Å². The Morgan fingerprint density at radius 1 is 0.889 bits per heavy atom. The third-order valence-electron chi connectivity index (χ3n) is 3.59. The molecule has 1 rings (SSSR count). The summed E-state index contributed by atoms with van der Waals surface area (Å²) < 4.78 is 5.23. The van der Waals surface area contributed by atoms with Gasteiger partial charge in [-0.25, -0.2) is 0 Å². The molecule has 0 saturated carbocycles. The topological polar surface area (TPSA) is 26.3 Å². The Kier molecular flexibility index (Phi) is 8.62. The van der Waals surface area contributed by atoms with Crippen LogP contribution < -0.4 is 0 Å². The largest absolute Gasteiger partial charge is 0.465 e. The molecular weight excluding hydrogens is 224 g/mol. The van der Waals surface area contributed by atoms with Crippen molar-refractivity contribution in [3.63, 3.8) is 0 Å². The Morgan fingerprint density at radius 2 is 1.50 bits per heavy atom. The Labute approximate surface area is 112 Å². The fourth-order valence-electron chi connectivity index (χ4n) is 2.32. The van der Waals surface area contributed by atoms with Crippen LogP contribution in [0, 0.1) is 0 Å². The van der Waals surface area contributed by atoms with Crippen LogP contribution in [0.5, 0.6) is 0 Å². The first kappa shape index (κ1) is 15.3. The summed E-state index contributed by atoms with van der Waals surface area (Å²) in [6.07, 6.45) is 15.1. The van der Waals surface area contributed by atoms with Crippen molar-refractivity contribution in [2.45, 2.75) is 77.6 Å². The summed E-state index contributed by atoms with van der Waals surface area (Å²) in [6, 6.07) is 0. The molecule has 2 heteroatoms. The second-order valence-electron chi connectivity index (χ2n) is 5.39. The first-order valence-electron chi connectivity index (χ1n) is 7.60. The Morgan fingerprint density at radius 3 is 2.22 bits per heavy atom. The van der Waals surface area contributed by atoms with E-state index < -0.39 is 0 Å². The minimum absolute atomic E-state index is 0.0186. The van der Waals surface area contributed by atoms with Gasteiger partial charge in [-0.05, 0) is 26.2 Å². The number of hydrogen-bond donors (Lipinski definition) is 0. The normalized spacial score (nSPS) is 24.9. The van der Waals surface area contributed by atoms with Crippen LogP contribution in [-0.4, -0.2) is 12.6 Å². The summed E-state index contributed by atoms with van der Waals surface area (Å²) in [5.41, 5.74) is 1.36. The monoisotopic (exact) mass is 252 g/mol. The fraction of sp³-hybridized carbons (Fsp3) is 0.812. The molecule has 104 valence electrons. The smallest absolute Gasteiger partial charge is 0.305 e. The molecule has 0 fully saturated rings. The molecule has 0 amide bonds. The number of esters is 1. The van der Waals surface area contributed by atoms with Gasteiger partial charge in [0.1, 0.15) is 0 Å². The first-order chi connectivity index (χ1) is 8.79. The van der Waals surface area contributed by atoms with Crippen molar-refractivity contribution < 1.29 is 9.53 Å². The predicted octanol–water partition coefficient (Wildman–Crippen LogP) is 4.78. The first-order valence-corrected chi connectivity index (χ1v) is 7.60. The van der Waals surface area contributed by atoms with Gasteiger partial charge in [0.15, 0.2) is 0 Å². The molecule has 0 spiro atoms. The number of ether oxygens (including phenoxy) is 1. The van der Waals surface area contributed by atoms with E-state index in [0.29, 0.717) is 13.0 Å². The van der Waals surface area contributed by atoms with E-state index in [1.54, 1.807) is 0 Å². The average Bonchev–Trinajstić information content (AvgIpc) is 2.34. The molecule has 0 atom stereocenters. The van der Waals surface area contributed by atoms with Crippen molar-refractivity contribution in [2.24, 2.45) is 0 Å². The van der Waals surface area contributed by atoms with E-state index >= 15 is 0 Å². The van der Waals surface area contributed by atoms with Crippen molar-refractivity contribution in [3.05, 3.63) is 11.6 Å². The highest BCUT2D eigenvalue weighted by atomic mass is 16.5. The van der Waals surface area contributed by atoms with E-state index in [4.69, 9.17) is 4.74 Å². The summed E-state index contributed by atoms with van der Waals surface area (Å²) in [7, 11) is 0. The fourth-order valence-corrected chi connectivity index (χ4v) is 2.32. The molecule has 2 nitrogen and oxygen atoms in total. The van der Waals surface area contributed by atoms with Gasteiger partial charge in [-0.3, -0.25) is 4.79 Å². The minimum Gasteiger partial charge on any atom is -0.465 e. The van der Waals surface area contributed by atoms with Crippen LogP contribution >= 0.6 is 0 Å². The number of cyclic esters (lactones) is 1. The predicted molar refractivity (Wildman–Crippen MR) is 75.5 cm³/mol. The lowest BCUT2D eigenvalue weighted by Crippen LogP contribution is -2.06. The number of allylic oxidation sites excluding steroid dienone is 1. The molecule has 0 saturated heterocycles. The van der Waals surface area contributed by atoms with Crippen molar-refractivity contribution in [3.8, 4) is 0 Å². The molecule has 0 radical (unpaired) electrons. The molecule has 1 heterocycles. The second-order valence-corrected chi connectivity index (χ2v) is 5.39. The summed E-state index contributed by atoms with van der Waals surface area (Å²) in [6.45, 7) is 2.69. The van der Waals surface area contributed by atoms with Gasteiger partial charge in [0.25, 0.3) is 0 Å². The Balaban J connectivity index is 2.29. The van der Waals surface area contributed by atoms with Gasteiger partial charge >= 0.3 is 5.97 Å². The van der Waals surface area contributed by atoms with Crippen LogP contribution in [0.3, 0.4) is 0 Å². The SMILES string of the molecule is C/C1=C/CCCCCCCCCCC(=O)OCC1. The molecule has 18 heavy (non-hydrogen) atoms. The molecule has 0 aliphatic carbocycles. The Bertz CT molecular complexity index is 256. The molecule has 0 aromatic carbocycles. The molecule has 1 aliphatic heterocycles. The van der Waals surface area contributed by atoms with Crippen LogP contribution in [0.15, 0.2) is 11.6 Å². The third-order valence-corrected chi connectivity index (χ3v) is 3.59. The van der Waals surface area contributed by atoms with Gasteiger partial charge in [0.2, 0.25) is 0 Å². The Hall–Kier alpha value is -0.790. The second kappa shape index (κ2) is 10.2. The molecule has 0 aromatic heterocycles. The van der Waals surface area contributed by atoms with E-state index in [1.807, 2.05) is 0 Å². The molecule has 0 unspecified atom stereocenters. The van der Waals surface area contributed by atoms with Crippen LogP contribution in [0.2, 0.25) is 0 Å². The summed E-state index contributed by atoms with van der Waals surface area (Å²) >= 11 is 0. The van der Waals surface area contributed by atoms with Gasteiger partial charge in [-0.1, -0.05) is 50.2 Å². The van der Waals surface area contributed by atoms with Crippen LogP contribution in [0.1, 0.15) is 77.6 Å². The lowest BCUT2D eigenvalue weighted by molar-refractivity contribution is -0.143. The van der Waals surface area contributed by atoms with E-state index in [-0.39, 0.29) is 5.97 Å². The van der Waals surface area contributed by atoms with E-state index in [2.05, 4.69) is 13.0 Å². The molecule has 0 N–H and O–H groups in total. The molecule has 0 bridgehead atoms. The summed E-state index contributed by atoms with van der Waals surface area (Å²) in [5.74, 6) is -0.0186.